The zero-order valence-corrected chi connectivity index (χ0v) is 23.2. The van der Waals surface area contributed by atoms with E-state index < -0.39 is 0 Å². The summed E-state index contributed by atoms with van der Waals surface area (Å²) in [4.78, 5) is 6.58. The van der Waals surface area contributed by atoms with E-state index in [1.54, 1.807) is 24.4 Å². The Labute approximate surface area is 239 Å². The second kappa shape index (κ2) is 10.6. The molecule has 8 heteroatoms. The number of aryl methyl sites for hydroxylation is 1. The molecule has 5 aromatic rings. The molecule has 39 heavy (non-hydrogen) atoms. The van der Waals surface area contributed by atoms with Crippen molar-refractivity contribution >= 4 is 38.9 Å². The highest BCUT2D eigenvalue weighted by atomic mass is 79.9. The third-order valence-electron chi connectivity index (χ3n) is 6.58. The third-order valence-corrected chi connectivity index (χ3v) is 7.39. The normalized spacial score (nSPS) is 16.8. The molecule has 2 atom stereocenters. The second-order valence-corrected chi connectivity index (χ2v) is 10.5. The highest BCUT2D eigenvalue weighted by Crippen LogP contribution is 2.43. The summed E-state index contributed by atoms with van der Waals surface area (Å²) in [6.07, 6.45) is 1.75. The molecule has 5 nitrogen and oxygen atoms in total. The summed E-state index contributed by atoms with van der Waals surface area (Å²) < 4.78 is 27.7. The maximum Gasteiger partial charge on any atom is 0.174 e. The summed E-state index contributed by atoms with van der Waals surface area (Å²) in [6.45, 7) is 2.04. The molecule has 194 valence electrons. The van der Waals surface area contributed by atoms with E-state index in [4.69, 9.17) is 21.4 Å². The molecule has 0 radical (unpaired) electrons. The summed E-state index contributed by atoms with van der Waals surface area (Å²) in [7, 11) is 0. The number of pyridine rings is 1. The highest BCUT2D eigenvalue weighted by molar-refractivity contribution is 9.10. The van der Waals surface area contributed by atoms with Gasteiger partial charge in [0, 0.05) is 16.4 Å². The maximum absolute atomic E-state index is 14.7. The van der Waals surface area contributed by atoms with Crippen molar-refractivity contribution in [2.24, 2.45) is 0 Å². The standard InChI is InChI=1S/C31H23BrFN3O2S/c1-19-5-10-22(11-6-19)37-23-12-8-21(9-13-23)36-30(29(35-31(36)39)26-4-2-3-17-34-26)28-16-15-27(38-28)24-14-7-20(32)18-25(24)33/h2-18,29-30H,1H3,(H,35,39). The van der Waals surface area contributed by atoms with Crippen LogP contribution in [0.4, 0.5) is 10.1 Å². The Kier molecular flexibility index (Phi) is 6.89. The van der Waals surface area contributed by atoms with E-state index in [0.29, 0.717) is 32.4 Å². The number of rotatable bonds is 6. The Balaban J connectivity index is 1.35. The molecule has 1 fully saturated rings. The lowest BCUT2D eigenvalue weighted by atomic mass is 10.0. The van der Waals surface area contributed by atoms with E-state index in [2.05, 4.69) is 26.2 Å². The quantitative estimate of drug-likeness (QED) is 0.197. The number of hydrogen-bond donors (Lipinski definition) is 1. The molecular formula is C31H23BrFN3O2S. The van der Waals surface area contributed by atoms with E-state index in [9.17, 15) is 4.39 Å². The van der Waals surface area contributed by atoms with Crippen molar-refractivity contribution in [3.8, 4) is 22.8 Å². The molecule has 2 unspecified atom stereocenters. The molecule has 1 aliphatic heterocycles. The van der Waals surface area contributed by atoms with Crippen LogP contribution in [0.25, 0.3) is 11.3 Å². The van der Waals surface area contributed by atoms with Gasteiger partial charge in [0.05, 0.1) is 17.3 Å². The fourth-order valence-corrected chi connectivity index (χ4v) is 5.36. The number of benzene rings is 3. The molecule has 0 amide bonds. The predicted molar refractivity (Wildman–Crippen MR) is 157 cm³/mol. The number of furan rings is 1. The highest BCUT2D eigenvalue weighted by Gasteiger charge is 2.42. The lowest BCUT2D eigenvalue weighted by Gasteiger charge is -2.26. The first-order valence-corrected chi connectivity index (χ1v) is 13.6. The van der Waals surface area contributed by atoms with Crippen LogP contribution >= 0.6 is 28.1 Å². The molecule has 3 heterocycles. The smallest absolute Gasteiger partial charge is 0.174 e. The molecular weight excluding hydrogens is 577 g/mol. The molecule has 0 spiro atoms. The molecule has 0 bridgehead atoms. The van der Waals surface area contributed by atoms with Crippen LogP contribution < -0.4 is 15.0 Å². The van der Waals surface area contributed by atoms with Gasteiger partial charge in [-0.05, 0) is 98.0 Å². The van der Waals surface area contributed by atoms with E-state index >= 15 is 0 Å². The molecule has 0 saturated carbocycles. The van der Waals surface area contributed by atoms with E-state index in [1.807, 2.05) is 84.6 Å². The number of anilines is 1. The van der Waals surface area contributed by atoms with Gasteiger partial charge in [-0.3, -0.25) is 4.98 Å². The Morgan fingerprint density at radius 2 is 1.69 bits per heavy atom. The van der Waals surface area contributed by atoms with Crippen LogP contribution in [-0.2, 0) is 0 Å². The minimum Gasteiger partial charge on any atom is -0.459 e. The van der Waals surface area contributed by atoms with Crippen molar-refractivity contribution in [2.75, 3.05) is 4.90 Å². The zero-order valence-electron chi connectivity index (χ0n) is 20.8. The van der Waals surface area contributed by atoms with Crippen molar-refractivity contribution in [1.82, 2.24) is 10.3 Å². The number of aromatic nitrogens is 1. The summed E-state index contributed by atoms with van der Waals surface area (Å²) >= 11 is 9.12. The minimum absolute atomic E-state index is 0.282. The Hall–Kier alpha value is -4.01. The first kappa shape index (κ1) is 25.3. The Bertz CT molecular complexity index is 1620. The van der Waals surface area contributed by atoms with Gasteiger partial charge < -0.3 is 19.4 Å². The lowest BCUT2D eigenvalue weighted by molar-refractivity contribution is 0.438. The lowest BCUT2D eigenvalue weighted by Crippen LogP contribution is -2.29. The fraction of sp³-hybridized carbons (Fsp3) is 0.0968. The summed E-state index contributed by atoms with van der Waals surface area (Å²) in [6, 6.07) is 29.3. The molecule has 0 aliphatic carbocycles. The fourth-order valence-electron chi connectivity index (χ4n) is 4.68. The van der Waals surface area contributed by atoms with Gasteiger partial charge in [-0.15, -0.1) is 0 Å². The Morgan fingerprint density at radius 1 is 0.949 bits per heavy atom. The van der Waals surface area contributed by atoms with E-state index in [0.717, 1.165) is 17.1 Å². The van der Waals surface area contributed by atoms with Gasteiger partial charge in [-0.2, -0.15) is 0 Å². The Morgan fingerprint density at radius 3 is 2.38 bits per heavy atom. The molecule has 3 aromatic carbocycles. The molecule has 1 aliphatic rings. The first-order chi connectivity index (χ1) is 19.0. The van der Waals surface area contributed by atoms with Crippen molar-refractivity contribution in [1.29, 1.82) is 0 Å². The van der Waals surface area contributed by atoms with Crippen molar-refractivity contribution < 1.29 is 13.5 Å². The number of nitrogens with one attached hydrogen (secondary N) is 1. The van der Waals surface area contributed by atoms with Crippen molar-refractivity contribution in [3.05, 3.63) is 131 Å². The van der Waals surface area contributed by atoms with Crippen LogP contribution in [-0.4, -0.2) is 10.1 Å². The average Bonchev–Trinajstić information content (AvgIpc) is 3.55. The first-order valence-electron chi connectivity index (χ1n) is 12.4. The van der Waals surface area contributed by atoms with Crippen molar-refractivity contribution in [2.45, 2.75) is 19.0 Å². The third kappa shape index (κ3) is 5.17. The van der Waals surface area contributed by atoms with Gasteiger partial charge in [0.2, 0.25) is 0 Å². The zero-order chi connectivity index (χ0) is 26.9. The molecule has 1 saturated heterocycles. The van der Waals surface area contributed by atoms with E-state index in [1.165, 1.54) is 11.6 Å². The van der Waals surface area contributed by atoms with E-state index in [-0.39, 0.29) is 17.9 Å². The SMILES string of the molecule is Cc1ccc(Oc2ccc(N3C(=S)NC(c4ccccn4)C3c3ccc(-c4ccc(Br)cc4F)o3)cc2)cc1. The predicted octanol–water partition coefficient (Wildman–Crippen LogP) is 8.52. The molecule has 6 rings (SSSR count). The van der Waals surface area contributed by atoms with Gasteiger partial charge >= 0.3 is 0 Å². The van der Waals surface area contributed by atoms with Gasteiger partial charge in [-0.25, -0.2) is 4.39 Å². The second-order valence-electron chi connectivity index (χ2n) is 9.23. The number of thiocarbonyl (C=S) groups is 1. The van der Waals surface area contributed by atoms with Crippen LogP contribution in [0.3, 0.4) is 0 Å². The summed E-state index contributed by atoms with van der Waals surface area (Å²) in [5.41, 5.74) is 3.24. The molecule has 2 aromatic heterocycles. The number of hydrogen-bond acceptors (Lipinski definition) is 4. The summed E-state index contributed by atoms with van der Waals surface area (Å²) in [5.74, 6) is 2.19. The van der Waals surface area contributed by atoms with Gasteiger partial charge in [-0.1, -0.05) is 39.7 Å². The minimum atomic E-state index is -0.368. The summed E-state index contributed by atoms with van der Waals surface area (Å²) in [5, 5.41) is 3.96. The maximum atomic E-state index is 14.7. The van der Waals surface area contributed by atoms with Crippen LogP contribution in [0.1, 0.15) is 29.1 Å². The number of nitrogens with zero attached hydrogens (tertiary/aromatic N) is 2. The number of ether oxygens (including phenoxy) is 1. The van der Waals surface area contributed by atoms with Crippen LogP contribution in [0.2, 0.25) is 0 Å². The van der Waals surface area contributed by atoms with Crippen LogP contribution in [0, 0.1) is 12.7 Å². The molecule has 1 N–H and O–H groups in total. The monoisotopic (exact) mass is 599 g/mol. The van der Waals surface area contributed by atoms with Crippen molar-refractivity contribution in [3.63, 3.8) is 0 Å². The van der Waals surface area contributed by atoms with Gasteiger partial charge in [0.25, 0.3) is 0 Å². The number of halogens is 2. The van der Waals surface area contributed by atoms with Crippen LogP contribution in [0.15, 0.2) is 112 Å². The topological polar surface area (TPSA) is 50.5 Å². The largest absolute Gasteiger partial charge is 0.459 e. The van der Waals surface area contributed by atoms with Gasteiger partial charge in [0.1, 0.15) is 34.9 Å². The van der Waals surface area contributed by atoms with Crippen LogP contribution in [0.5, 0.6) is 11.5 Å². The van der Waals surface area contributed by atoms with Gasteiger partial charge in [0.15, 0.2) is 5.11 Å². The average molecular weight is 601 g/mol.